The molecule has 27 heavy (non-hydrogen) atoms. The van der Waals surface area contributed by atoms with E-state index in [1.54, 1.807) is 11.3 Å². The van der Waals surface area contributed by atoms with Gasteiger partial charge in [0.2, 0.25) is 5.91 Å². The maximum Gasteiger partial charge on any atom is 0.303 e. The average molecular weight is 392 g/mol. The molecule has 1 aromatic heterocycles. The molecular weight excluding hydrogens is 362 g/mol. The van der Waals surface area contributed by atoms with Crippen LogP contribution < -0.4 is 0 Å². The Labute approximate surface area is 165 Å². The second-order valence-electron chi connectivity index (χ2n) is 6.85. The number of carboxylic acid groups (broad SMARTS) is 1. The lowest BCUT2D eigenvalue weighted by molar-refractivity contribution is -0.137. The van der Waals surface area contributed by atoms with Crippen LogP contribution in [0.25, 0.3) is 0 Å². The van der Waals surface area contributed by atoms with Crippen LogP contribution in [0.2, 0.25) is 0 Å². The highest BCUT2D eigenvalue weighted by molar-refractivity contribution is 7.09. The molecule has 1 fully saturated rings. The summed E-state index contributed by atoms with van der Waals surface area (Å²) >= 11 is 1.63. The highest BCUT2D eigenvalue weighted by Gasteiger charge is 2.23. The molecule has 148 valence electrons. The van der Waals surface area contributed by atoms with E-state index in [4.69, 9.17) is 5.11 Å². The van der Waals surface area contributed by atoms with Gasteiger partial charge >= 0.3 is 5.97 Å². The first kappa shape index (κ1) is 21.4. The quantitative estimate of drug-likeness (QED) is 0.470. The van der Waals surface area contributed by atoms with Gasteiger partial charge < -0.3 is 15.1 Å². The second-order valence-corrected chi connectivity index (χ2v) is 7.88. The molecule has 1 saturated heterocycles. The molecule has 5 nitrogen and oxygen atoms in total. The lowest BCUT2D eigenvalue weighted by atomic mass is 10.1. The van der Waals surface area contributed by atoms with Crippen molar-refractivity contribution in [3.05, 3.63) is 46.7 Å². The minimum Gasteiger partial charge on any atom is -0.481 e. The van der Waals surface area contributed by atoms with Crippen molar-refractivity contribution in [2.75, 3.05) is 6.54 Å². The zero-order valence-corrected chi connectivity index (χ0v) is 16.4. The fourth-order valence-corrected chi connectivity index (χ4v) is 3.94. The second kappa shape index (κ2) is 11.7. The number of allylic oxidation sites excluding steroid dienone is 1. The number of carbonyl (C=O) groups is 2. The van der Waals surface area contributed by atoms with E-state index in [0.29, 0.717) is 32.2 Å². The fourth-order valence-electron chi connectivity index (χ4n) is 3.19. The van der Waals surface area contributed by atoms with Crippen molar-refractivity contribution in [1.82, 2.24) is 4.90 Å². The van der Waals surface area contributed by atoms with Crippen molar-refractivity contribution in [2.45, 2.75) is 63.5 Å². The number of nitrogens with zero attached hydrogens (tertiary/aromatic N) is 1. The maximum atomic E-state index is 12.5. The van der Waals surface area contributed by atoms with Crippen LogP contribution in [0.5, 0.6) is 0 Å². The predicted molar refractivity (Wildman–Crippen MR) is 108 cm³/mol. The number of hydrogen-bond acceptors (Lipinski definition) is 4. The van der Waals surface area contributed by atoms with Gasteiger partial charge in [0.1, 0.15) is 0 Å². The molecule has 1 unspecified atom stereocenters. The van der Waals surface area contributed by atoms with E-state index < -0.39 is 12.1 Å². The number of carbonyl (C=O) groups excluding carboxylic acids is 1. The summed E-state index contributed by atoms with van der Waals surface area (Å²) in [5.74, 6) is -0.637. The van der Waals surface area contributed by atoms with Crippen LogP contribution in [0.3, 0.4) is 0 Å². The fraction of sp³-hybridized carbons (Fsp3) is 0.524. The third-order valence-electron chi connectivity index (χ3n) is 4.64. The topological polar surface area (TPSA) is 77.8 Å². The van der Waals surface area contributed by atoms with Crippen LogP contribution >= 0.6 is 11.3 Å². The first-order valence-electron chi connectivity index (χ1n) is 9.61. The summed E-state index contributed by atoms with van der Waals surface area (Å²) in [6.07, 6.45) is 12.6. The van der Waals surface area contributed by atoms with E-state index in [0.717, 1.165) is 24.1 Å². The Morgan fingerprint density at radius 3 is 2.96 bits per heavy atom. The molecule has 2 rings (SSSR count). The van der Waals surface area contributed by atoms with Gasteiger partial charge in [-0.05, 0) is 37.1 Å². The number of amides is 1. The number of unbranched alkanes of at least 4 members (excludes halogenated alkanes) is 1. The summed E-state index contributed by atoms with van der Waals surface area (Å²) in [5.41, 5.74) is 0. The van der Waals surface area contributed by atoms with Crippen molar-refractivity contribution in [1.29, 1.82) is 0 Å². The Hall–Kier alpha value is -1.92. The van der Waals surface area contributed by atoms with Crippen molar-refractivity contribution in [3.63, 3.8) is 0 Å². The zero-order chi connectivity index (χ0) is 19.5. The van der Waals surface area contributed by atoms with Crippen molar-refractivity contribution < 1.29 is 19.8 Å². The Morgan fingerprint density at radius 1 is 1.37 bits per heavy atom. The summed E-state index contributed by atoms with van der Waals surface area (Å²) in [6.45, 7) is 0.530. The van der Waals surface area contributed by atoms with Crippen LogP contribution in [0.1, 0.15) is 49.8 Å². The lowest BCUT2D eigenvalue weighted by Crippen LogP contribution is -2.38. The van der Waals surface area contributed by atoms with Gasteiger partial charge in [-0.1, -0.05) is 36.8 Å². The molecular formula is C21H29NO4S. The summed E-state index contributed by atoms with van der Waals surface area (Å²) in [7, 11) is 0. The van der Waals surface area contributed by atoms with Gasteiger partial charge in [0.25, 0.3) is 0 Å². The maximum absolute atomic E-state index is 12.5. The van der Waals surface area contributed by atoms with Gasteiger partial charge in [-0.3, -0.25) is 9.59 Å². The SMILES string of the molecule is O=C(O)CCC/C=C\CN1C(=O)CCCC[C@@H]1/C=C/C(O)Cc1cccs1. The monoisotopic (exact) mass is 391 g/mol. The Kier molecular flexibility index (Phi) is 9.28. The Morgan fingerprint density at radius 2 is 2.22 bits per heavy atom. The number of hydrogen-bond donors (Lipinski definition) is 2. The highest BCUT2D eigenvalue weighted by Crippen LogP contribution is 2.20. The number of thiophene rings is 1. The molecule has 1 aromatic rings. The van der Waals surface area contributed by atoms with Gasteiger partial charge in [-0.15, -0.1) is 11.3 Å². The minimum atomic E-state index is -0.780. The molecule has 1 aliphatic rings. The molecule has 0 aliphatic carbocycles. The van der Waals surface area contributed by atoms with Crippen LogP contribution in [0.4, 0.5) is 0 Å². The van der Waals surface area contributed by atoms with Gasteiger partial charge in [0.15, 0.2) is 0 Å². The molecule has 1 aliphatic heterocycles. The van der Waals surface area contributed by atoms with E-state index in [9.17, 15) is 14.7 Å². The number of likely N-dealkylation sites (tertiary alicyclic amines) is 1. The van der Waals surface area contributed by atoms with Crippen LogP contribution in [-0.2, 0) is 16.0 Å². The number of aliphatic carboxylic acids is 1. The van der Waals surface area contributed by atoms with Crippen molar-refractivity contribution >= 4 is 23.2 Å². The molecule has 2 N–H and O–H groups in total. The Bertz CT molecular complexity index is 639. The average Bonchev–Trinajstić information content (AvgIpc) is 3.07. The normalized spacial score (nSPS) is 19.7. The molecule has 0 bridgehead atoms. The molecule has 6 heteroatoms. The molecule has 2 atom stereocenters. The van der Waals surface area contributed by atoms with Gasteiger partial charge in [-0.25, -0.2) is 0 Å². The third-order valence-corrected chi connectivity index (χ3v) is 5.54. The standard InChI is InChI=1S/C21H29NO4S/c23-18(16-19-9-7-15-27-19)13-12-17-8-4-5-10-20(24)22(17)14-6-2-1-3-11-21(25)26/h2,6-7,9,12-13,15,17-18,23H,1,3-5,8,10-11,14,16H2,(H,25,26)/b6-2-,13-12+/t17-,18?/m1/s1. The van der Waals surface area contributed by atoms with E-state index >= 15 is 0 Å². The number of carboxylic acids is 1. The van der Waals surface area contributed by atoms with Gasteiger partial charge in [-0.2, -0.15) is 0 Å². The summed E-state index contributed by atoms with van der Waals surface area (Å²) in [6, 6.07) is 3.99. The first-order chi connectivity index (χ1) is 13.1. The first-order valence-corrected chi connectivity index (χ1v) is 10.5. The van der Waals surface area contributed by atoms with Crippen LogP contribution in [0, 0.1) is 0 Å². The number of aliphatic hydroxyl groups excluding tert-OH is 1. The van der Waals surface area contributed by atoms with E-state index in [1.807, 2.05) is 46.7 Å². The summed E-state index contributed by atoms with van der Waals surface area (Å²) in [4.78, 5) is 26.0. The molecule has 0 saturated carbocycles. The van der Waals surface area contributed by atoms with E-state index in [2.05, 4.69) is 0 Å². The number of rotatable bonds is 10. The molecule has 2 heterocycles. The van der Waals surface area contributed by atoms with Gasteiger partial charge in [0.05, 0.1) is 12.1 Å². The molecule has 1 amide bonds. The largest absolute Gasteiger partial charge is 0.481 e. The van der Waals surface area contributed by atoms with Crippen molar-refractivity contribution in [2.24, 2.45) is 0 Å². The minimum absolute atomic E-state index is 0.00153. The highest BCUT2D eigenvalue weighted by atomic mass is 32.1. The summed E-state index contributed by atoms with van der Waals surface area (Å²) < 4.78 is 0. The van der Waals surface area contributed by atoms with Gasteiger partial charge in [0, 0.05) is 30.7 Å². The molecule has 0 radical (unpaired) electrons. The zero-order valence-electron chi connectivity index (χ0n) is 15.6. The lowest BCUT2D eigenvalue weighted by Gasteiger charge is -2.27. The summed E-state index contributed by atoms with van der Waals surface area (Å²) in [5, 5.41) is 20.9. The van der Waals surface area contributed by atoms with E-state index in [1.165, 1.54) is 0 Å². The molecule has 0 aromatic carbocycles. The number of aliphatic hydroxyl groups is 1. The van der Waals surface area contributed by atoms with Crippen molar-refractivity contribution in [3.8, 4) is 0 Å². The molecule has 0 spiro atoms. The van der Waals surface area contributed by atoms with Crippen LogP contribution in [0.15, 0.2) is 41.8 Å². The third kappa shape index (κ3) is 8.10. The van der Waals surface area contributed by atoms with E-state index in [-0.39, 0.29) is 18.4 Å². The Balaban J connectivity index is 1.89. The predicted octanol–water partition coefficient (Wildman–Crippen LogP) is 3.79. The van der Waals surface area contributed by atoms with Crippen LogP contribution in [-0.4, -0.2) is 45.7 Å². The smallest absolute Gasteiger partial charge is 0.303 e.